The van der Waals surface area contributed by atoms with Crippen LogP contribution in [0.4, 0.5) is 16.0 Å². The number of rotatable bonds is 4. The molecule has 0 aliphatic rings. The molecule has 0 unspecified atom stereocenters. The number of hydrogen-bond donors (Lipinski definition) is 2. The third-order valence-electron chi connectivity index (χ3n) is 2.46. The maximum absolute atomic E-state index is 13.0. The average molecular weight is 246 g/mol. The number of aryl methyl sites for hydroxylation is 1. The monoisotopic (exact) mass is 246 g/mol. The lowest BCUT2D eigenvalue weighted by molar-refractivity contribution is 0.626. The first-order valence-corrected chi connectivity index (χ1v) is 5.69. The van der Waals surface area contributed by atoms with Gasteiger partial charge in [-0.05, 0) is 24.6 Å². The Balaban J connectivity index is 2.08. The molecule has 0 bridgehead atoms. The van der Waals surface area contributed by atoms with Gasteiger partial charge in [0.25, 0.3) is 0 Å². The van der Waals surface area contributed by atoms with Gasteiger partial charge < -0.3 is 10.6 Å². The fourth-order valence-electron chi connectivity index (χ4n) is 1.63. The first kappa shape index (κ1) is 12.3. The second-order valence-corrected chi connectivity index (χ2v) is 3.92. The zero-order chi connectivity index (χ0) is 13.0. The predicted octanol–water partition coefficient (Wildman–Crippen LogP) is 2.58. The fourth-order valence-corrected chi connectivity index (χ4v) is 1.63. The highest BCUT2D eigenvalue weighted by atomic mass is 19.1. The summed E-state index contributed by atoms with van der Waals surface area (Å²) in [4.78, 5) is 8.46. The Kier molecular flexibility index (Phi) is 3.72. The van der Waals surface area contributed by atoms with E-state index in [0.29, 0.717) is 12.4 Å². The van der Waals surface area contributed by atoms with Crippen molar-refractivity contribution in [3.8, 4) is 0 Å². The number of anilines is 2. The molecule has 0 spiro atoms. The molecule has 5 heteroatoms. The van der Waals surface area contributed by atoms with Gasteiger partial charge in [-0.15, -0.1) is 0 Å². The largest absolute Gasteiger partial charge is 0.373 e. The Morgan fingerprint density at radius 2 is 1.94 bits per heavy atom. The molecule has 2 rings (SSSR count). The van der Waals surface area contributed by atoms with E-state index in [-0.39, 0.29) is 5.82 Å². The molecule has 0 amide bonds. The second kappa shape index (κ2) is 5.44. The van der Waals surface area contributed by atoms with Crippen molar-refractivity contribution in [3.05, 3.63) is 47.5 Å². The third-order valence-corrected chi connectivity index (χ3v) is 2.46. The minimum Gasteiger partial charge on any atom is -0.373 e. The van der Waals surface area contributed by atoms with Crippen molar-refractivity contribution in [2.75, 3.05) is 17.7 Å². The zero-order valence-electron chi connectivity index (χ0n) is 10.4. The lowest BCUT2D eigenvalue weighted by atomic mass is 10.2. The molecule has 0 aliphatic heterocycles. The summed E-state index contributed by atoms with van der Waals surface area (Å²) in [5.41, 5.74) is 0.872. The van der Waals surface area contributed by atoms with Crippen LogP contribution in [0, 0.1) is 12.7 Å². The van der Waals surface area contributed by atoms with Crippen LogP contribution in [0.3, 0.4) is 0 Å². The topological polar surface area (TPSA) is 49.8 Å². The fraction of sp³-hybridized carbons (Fsp3) is 0.231. The quantitative estimate of drug-likeness (QED) is 0.870. The van der Waals surface area contributed by atoms with Crippen molar-refractivity contribution < 1.29 is 4.39 Å². The Morgan fingerprint density at radius 3 is 2.67 bits per heavy atom. The average Bonchev–Trinajstić information content (AvgIpc) is 2.36. The van der Waals surface area contributed by atoms with E-state index in [2.05, 4.69) is 20.6 Å². The van der Waals surface area contributed by atoms with Crippen molar-refractivity contribution in [3.63, 3.8) is 0 Å². The van der Waals surface area contributed by atoms with Crippen molar-refractivity contribution in [2.45, 2.75) is 13.5 Å². The van der Waals surface area contributed by atoms with Crippen LogP contribution in [-0.2, 0) is 6.54 Å². The van der Waals surface area contributed by atoms with Crippen LogP contribution in [0.1, 0.15) is 11.4 Å². The van der Waals surface area contributed by atoms with E-state index in [0.717, 1.165) is 17.2 Å². The predicted molar refractivity (Wildman–Crippen MR) is 70.0 cm³/mol. The second-order valence-electron chi connectivity index (χ2n) is 3.92. The van der Waals surface area contributed by atoms with Gasteiger partial charge in [0.05, 0.1) is 0 Å². The zero-order valence-corrected chi connectivity index (χ0v) is 10.4. The van der Waals surface area contributed by atoms with Crippen LogP contribution in [0.25, 0.3) is 0 Å². The number of aromatic nitrogens is 2. The molecule has 0 saturated heterocycles. The Bertz CT molecular complexity index is 542. The summed E-state index contributed by atoms with van der Waals surface area (Å²) < 4.78 is 13.0. The summed E-state index contributed by atoms with van der Waals surface area (Å²) in [6, 6.07) is 8.30. The molecule has 1 aromatic heterocycles. The maximum Gasteiger partial charge on any atom is 0.132 e. The first-order chi connectivity index (χ1) is 8.67. The summed E-state index contributed by atoms with van der Waals surface area (Å²) in [6.07, 6.45) is 0. The number of benzene rings is 1. The van der Waals surface area contributed by atoms with Gasteiger partial charge in [0.2, 0.25) is 0 Å². The Labute approximate surface area is 105 Å². The molecule has 1 heterocycles. The van der Waals surface area contributed by atoms with Crippen LogP contribution in [-0.4, -0.2) is 17.0 Å². The van der Waals surface area contributed by atoms with E-state index in [1.54, 1.807) is 13.1 Å². The number of nitrogens with zero attached hydrogens (tertiary/aromatic N) is 2. The summed E-state index contributed by atoms with van der Waals surface area (Å²) in [5.74, 6) is 1.92. The summed E-state index contributed by atoms with van der Waals surface area (Å²) in [7, 11) is 1.80. The van der Waals surface area contributed by atoms with Crippen molar-refractivity contribution in [1.82, 2.24) is 9.97 Å². The van der Waals surface area contributed by atoms with Crippen LogP contribution in [0.5, 0.6) is 0 Å². The lowest BCUT2D eigenvalue weighted by Crippen LogP contribution is -2.05. The number of nitrogens with one attached hydrogen (secondary N) is 2. The molecular weight excluding hydrogens is 231 g/mol. The van der Waals surface area contributed by atoms with Crippen molar-refractivity contribution in [2.24, 2.45) is 0 Å². The van der Waals surface area contributed by atoms with Gasteiger partial charge in [-0.3, -0.25) is 0 Å². The van der Waals surface area contributed by atoms with E-state index >= 15 is 0 Å². The smallest absolute Gasteiger partial charge is 0.132 e. The Hall–Kier alpha value is -2.17. The third kappa shape index (κ3) is 3.16. The molecule has 18 heavy (non-hydrogen) atoms. The normalized spacial score (nSPS) is 10.2. The molecule has 2 aromatic rings. The summed E-state index contributed by atoms with van der Waals surface area (Å²) in [6.45, 7) is 2.35. The Morgan fingerprint density at radius 1 is 1.17 bits per heavy atom. The highest BCUT2D eigenvalue weighted by Crippen LogP contribution is 2.12. The van der Waals surface area contributed by atoms with Crippen LogP contribution in [0.15, 0.2) is 30.3 Å². The molecular formula is C13H15FN4. The van der Waals surface area contributed by atoms with E-state index in [1.165, 1.54) is 12.1 Å². The lowest BCUT2D eigenvalue weighted by Gasteiger charge is -2.08. The van der Waals surface area contributed by atoms with Gasteiger partial charge in [0, 0.05) is 19.7 Å². The molecule has 94 valence electrons. The van der Waals surface area contributed by atoms with Gasteiger partial charge in [0.15, 0.2) is 0 Å². The van der Waals surface area contributed by atoms with Gasteiger partial charge in [-0.2, -0.15) is 0 Å². The van der Waals surface area contributed by atoms with Gasteiger partial charge in [-0.1, -0.05) is 12.1 Å². The molecule has 0 aliphatic carbocycles. The van der Waals surface area contributed by atoms with Crippen molar-refractivity contribution >= 4 is 11.6 Å². The van der Waals surface area contributed by atoms with Crippen LogP contribution >= 0.6 is 0 Å². The van der Waals surface area contributed by atoms with Crippen molar-refractivity contribution in [1.29, 1.82) is 0 Å². The molecule has 0 saturated carbocycles. The van der Waals surface area contributed by atoms with E-state index in [1.807, 2.05) is 19.1 Å². The summed E-state index contributed by atoms with van der Waals surface area (Å²) in [5, 5.41) is 6.11. The summed E-state index contributed by atoms with van der Waals surface area (Å²) >= 11 is 0. The van der Waals surface area contributed by atoms with E-state index in [4.69, 9.17) is 0 Å². The maximum atomic E-state index is 13.0. The van der Waals surface area contributed by atoms with Gasteiger partial charge in [0.1, 0.15) is 23.3 Å². The number of hydrogen-bond acceptors (Lipinski definition) is 4. The van der Waals surface area contributed by atoms with E-state index < -0.39 is 0 Å². The molecule has 0 atom stereocenters. The van der Waals surface area contributed by atoms with Gasteiger partial charge in [-0.25, -0.2) is 14.4 Å². The molecule has 2 N–H and O–H groups in total. The first-order valence-electron chi connectivity index (χ1n) is 5.69. The SMILES string of the molecule is CNc1cc(NCc2cccc(F)c2)nc(C)n1. The molecule has 4 nitrogen and oxygen atoms in total. The molecule has 0 radical (unpaired) electrons. The minimum absolute atomic E-state index is 0.232. The van der Waals surface area contributed by atoms with Crippen LogP contribution < -0.4 is 10.6 Å². The van der Waals surface area contributed by atoms with Gasteiger partial charge >= 0.3 is 0 Å². The van der Waals surface area contributed by atoms with E-state index in [9.17, 15) is 4.39 Å². The molecule has 1 aromatic carbocycles. The van der Waals surface area contributed by atoms with Crippen LogP contribution in [0.2, 0.25) is 0 Å². The number of halogens is 1. The molecule has 0 fully saturated rings. The highest BCUT2D eigenvalue weighted by molar-refractivity contribution is 5.47. The highest BCUT2D eigenvalue weighted by Gasteiger charge is 2.01. The minimum atomic E-state index is -0.232. The standard InChI is InChI=1S/C13H15FN4/c1-9-17-12(15-2)7-13(18-9)16-8-10-4-3-5-11(14)6-10/h3-7H,8H2,1-2H3,(H2,15,16,17,18).